The van der Waals surface area contributed by atoms with E-state index in [0.717, 1.165) is 29.3 Å². The fourth-order valence-corrected chi connectivity index (χ4v) is 2.81. The second-order valence-electron chi connectivity index (χ2n) is 5.82. The average Bonchev–Trinajstić information content (AvgIpc) is 3.03. The lowest BCUT2D eigenvalue weighted by atomic mass is 10.2. The van der Waals surface area contributed by atoms with Crippen LogP contribution in [0.5, 0.6) is 0 Å². The number of para-hydroxylation sites is 2. The molecule has 0 radical (unpaired) electrons. The van der Waals surface area contributed by atoms with Crippen LogP contribution in [0.15, 0.2) is 47.4 Å². The lowest BCUT2D eigenvalue weighted by molar-refractivity contribution is -0.385. The quantitative estimate of drug-likeness (QED) is 0.644. The Labute approximate surface area is 148 Å². The second-order valence-corrected chi connectivity index (χ2v) is 5.82. The number of aromatic nitrogens is 1. The Morgan fingerprint density at radius 2 is 1.96 bits per heavy atom. The smallest absolute Gasteiger partial charge is 0.285 e. The molecule has 0 spiro atoms. The molecule has 134 valence electrons. The van der Waals surface area contributed by atoms with E-state index in [2.05, 4.69) is 5.32 Å². The molecule has 2 aromatic rings. The van der Waals surface area contributed by atoms with Gasteiger partial charge in [0.2, 0.25) is 11.8 Å². The third-order valence-corrected chi connectivity index (χ3v) is 4.03. The van der Waals surface area contributed by atoms with Gasteiger partial charge >= 0.3 is 0 Å². The molecule has 2 heterocycles. The van der Waals surface area contributed by atoms with Gasteiger partial charge in [-0.3, -0.25) is 29.1 Å². The predicted molar refractivity (Wildman–Crippen MR) is 94.0 cm³/mol. The summed E-state index contributed by atoms with van der Waals surface area (Å²) in [5.74, 6) is -0.534. The average molecular weight is 356 g/mol. The molecule has 1 aliphatic heterocycles. The van der Waals surface area contributed by atoms with Crippen LogP contribution in [-0.2, 0) is 16.1 Å². The third kappa shape index (κ3) is 3.61. The zero-order chi connectivity index (χ0) is 18.7. The molecule has 0 saturated carbocycles. The lowest BCUT2D eigenvalue weighted by Crippen LogP contribution is -2.29. The summed E-state index contributed by atoms with van der Waals surface area (Å²) >= 11 is 0. The molecule has 1 aliphatic rings. The maximum Gasteiger partial charge on any atom is 0.285 e. The Morgan fingerprint density at radius 1 is 1.19 bits per heavy atom. The van der Waals surface area contributed by atoms with Gasteiger partial charge < -0.3 is 10.2 Å². The third-order valence-electron chi connectivity index (χ3n) is 4.03. The Bertz CT molecular complexity index is 937. The van der Waals surface area contributed by atoms with Crippen LogP contribution in [0.1, 0.15) is 12.8 Å². The molecule has 2 amide bonds. The highest BCUT2D eigenvalue weighted by molar-refractivity contribution is 6.02. The highest BCUT2D eigenvalue weighted by Gasteiger charge is 2.24. The van der Waals surface area contributed by atoms with Gasteiger partial charge in [0.15, 0.2) is 0 Å². The van der Waals surface area contributed by atoms with Gasteiger partial charge in [0.1, 0.15) is 6.54 Å². The van der Waals surface area contributed by atoms with Crippen molar-refractivity contribution in [2.24, 2.45) is 0 Å². The van der Waals surface area contributed by atoms with E-state index in [0.29, 0.717) is 24.3 Å². The van der Waals surface area contributed by atoms with Crippen molar-refractivity contribution in [3.8, 4) is 0 Å². The fraction of sp³-hybridized carbons (Fsp3) is 0.235. The van der Waals surface area contributed by atoms with Crippen molar-refractivity contribution >= 4 is 28.9 Å². The number of hydrogen-bond donors (Lipinski definition) is 1. The summed E-state index contributed by atoms with van der Waals surface area (Å²) in [6, 6.07) is 9.02. The normalized spacial score (nSPS) is 13.7. The highest BCUT2D eigenvalue weighted by Crippen LogP contribution is 2.29. The number of rotatable bonds is 5. The van der Waals surface area contributed by atoms with E-state index in [1.54, 1.807) is 29.2 Å². The summed E-state index contributed by atoms with van der Waals surface area (Å²) in [5.41, 5.74) is 0.246. The summed E-state index contributed by atoms with van der Waals surface area (Å²) in [7, 11) is 0. The Hall–Kier alpha value is -3.49. The molecule has 0 bridgehead atoms. The Balaban J connectivity index is 1.79. The van der Waals surface area contributed by atoms with Crippen molar-refractivity contribution in [3.05, 3.63) is 63.1 Å². The largest absolute Gasteiger partial charge is 0.323 e. The van der Waals surface area contributed by atoms with E-state index in [4.69, 9.17) is 0 Å². The van der Waals surface area contributed by atoms with E-state index in [1.807, 2.05) is 0 Å². The van der Waals surface area contributed by atoms with Crippen LogP contribution in [-0.4, -0.2) is 27.8 Å². The number of carbonyl (C=O) groups is 2. The van der Waals surface area contributed by atoms with Crippen LogP contribution >= 0.6 is 0 Å². The number of anilines is 2. The van der Waals surface area contributed by atoms with E-state index >= 15 is 0 Å². The SMILES string of the molecule is O=C(Cn1cc([N+](=O)[O-])ccc1=O)Nc1ccccc1N1CCCC1=O. The fourth-order valence-electron chi connectivity index (χ4n) is 2.81. The van der Waals surface area contributed by atoms with Crippen LogP contribution in [0.25, 0.3) is 0 Å². The number of carbonyl (C=O) groups excluding carboxylic acids is 2. The maximum atomic E-state index is 12.3. The highest BCUT2D eigenvalue weighted by atomic mass is 16.6. The number of nitrogens with one attached hydrogen (secondary N) is 1. The van der Waals surface area contributed by atoms with E-state index < -0.39 is 16.4 Å². The number of benzene rings is 1. The van der Waals surface area contributed by atoms with Crippen molar-refractivity contribution in [3.63, 3.8) is 0 Å². The zero-order valence-electron chi connectivity index (χ0n) is 13.8. The van der Waals surface area contributed by atoms with Gasteiger partial charge in [-0.15, -0.1) is 0 Å². The monoisotopic (exact) mass is 356 g/mol. The molecule has 9 heteroatoms. The molecule has 1 aromatic heterocycles. The first-order valence-corrected chi connectivity index (χ1v) is 8.00. The topological polar surface area (TPSA) is 115 Å². The first-order chi connectivity index (χ1) is 12.5. The molecule has 26 heavy (non-hydrogen) atoms. The van der Waals surface area contributed by atoms with Crippen LogP contribution in [0.4, 0.5) is 17.1 Å². The predicted octanol–water partition coefficient (Wildman–Crippen LogP) is 1.52. The van der Waals surface area contributed by atoms with Crippen LogP contribution in [0.2, 0.25) is 0 Å². The van der Waals surface area contributed by atoms with Crippen molar-refractivity contribution in [2.45, 2.75) is 19.4 Å². The molecule has 0 unspecified atom stereocenters. The van der Waals surface area contributed by atoms with Gasteiger partial charge in [-0.2, -0.15) is 0 Å². The van der Waals surface area contributed by atoms with Gasteiger partial charge in [0.05, 0.1) is 22.5 Å². The molecule has 0 atom stereocenters. The molecule has 1 fully saturated rings. The van der Waals surface area contributed by atoms with E-state index in [9.17, 15) is 24.5 Å². The molecular weight excluding hydrogens is 340 g/mol. The van der Waals surface area contributed by atoms with Crippen molar-refractivity contribution < 1.29 is 14.5 Å². The molecule has 0 aliphatic carbocycles. The van der Waals surface area contributed by atoms with Crippen molar-refractivity contribution in [2.75, 3.05) is 16.8 Å². The summed E-state index contributed by atoms with van der Waals surface area (Å²) < 4.78 is 0.969. The van der Waals surface area contributed by atoms with Gasteiger partial charge in [-0.05, 0) is 18.6 Å². The molecular formula is C17H16N4O5. The molecule has 9 nitrogen and oxygen atoms in total. The van der Waals surface area contributed by atoms with Crippen LogP contribution in [0.3, 0.4) is 0 Å². The minimum Gasteiger partial charge on any atom is -0.323 e. The molecule has 1 aromatic carbocycles. The van der Waals surface area contributed by atoms with Gasteiger partial charge in [0.25, 0.3) is 11.2 Å². The molecule has 3 rings (SSSR count). The Morgan fingerprint density at radius 3 is 2.65 bits per heavy atom. The number of pyridine rings is 1. The summed E-state index contributed by atoms with van der Waals surface area (Å²) in [6.07, 6.45) is 2.24. The van der Waals surface area contributed by atoms with Crippen LogP contribution < -0.4 is 15.8 Å². The van der Waals surface area contributed by atoms with Crippen LogP contribution in [0, 0.1) is 10.1 Å². The second kappa shape index (κ2) is 7.18. The molecule has 1 N–H and O–H groups in total. The van der Waals surface area contributed by atoms with E-state index in [1.165, 1.54) is 0 Å². The first-order valence-electron chi connectivity index (χ1n) is 8.00. The van der Waals surface area contributed by atoms with Gasteiger partial charge in [-0.25, -0.2) is 0 Å². The first kappa shape index (κ1) is 17.3. The minimum absolute atomic E-state index is 0.0124. The summed E-state index contributed by atoms with van der Waals surface area (Å²) in [6.45, 7) is 0.207. The minimum atomic E-state index is -0.637. The number of nitrogens with zero attached hydrogens (tertiary/aromatic N) is 3. The zero-order valence-corrected chi connectivity index (χ0v) is 13.8. The maximum absolute atomic E-state index is 12.3. The van der Waals surface area contributed by atoms with Crippen molar-refractivity contribution in [1.29, 1.82) is 0 Å². The Kier molecular flexibility index (Phi) is 4.78. The van der Waals surface area contributed by atoms with Gasteiger partial charge in [-0.1, -0.05) is 12.1 Å². The van der Waals surface area contributed by atoms with Gasteiger partial charge in [0, 0.05) is 25.1 Å². The number of hydrogen-bond acceptors (Lipinski definition) is 5. The number of nitro groups is 1. The number of amides is 2. The lowest BCUT2D eigenvalue weighted by Gasteiger charge is -2.20. The standard InChI is InChI=1S/C17H16N4O5/c22-15(11-19-10-12(21(25)26)7-8-16(19)23)18-13-4-1-2-5-14(13)20-9-3-6-17(20)24/h1-2,4-5,7-8,10H,3,6,9,11H2,(H,18,22). The summed E-state index contributed by atoms with van der Waals surface area (Å²) in [5, 5.41) is 13.5. The van der Waals surface area contributed by atoms with Crippen molar-refractivity contribution in [1.82, 2.24) is 4.57 Å². The summed E-state index contributed by atoms with van der Waals surface area (Å²) in [4.78, 5) is 47.9. The van der Waals surface area contributed by atoms with E-state index in [-0.39, 0.29) is 18.1 Å². The molecule has 1 saturated heterocycles.